The summed E-state index contributed by atoms with van der Waals surface area (Å²) in [7, 11) is 0. The Morgan fingerprint density at radius 3 is 2.79 bits per heavy atom. The van der Waals surface area contributed by atoms with Gasteiger partial charge in [0.15, 0.2) is 0 Å². The van der Waals surface area contributed by atoms with Crippen molar-refractivity contribution in [1.82, 2.24) is 4.98 Å². The molecule has 0 radical (unpaired) electrons. The molecule has 3 heteroatoms. The van der Waals surface area contributed by atoms with E-state index >= 15 is 0 Å². The van der Waals surface area contributed by atoms with Gasteiger partial charge in [0.25, 0.3) is 0 Å². The highest BCUT2D eigenvalue weighted by Gasteiger charge is 2.34. The SMILES string of the molecule is N[C@H]1C[C@@H]1c1ccc(-c2ccc3ccsc3c2)nc1. The van der Waals surface area contributed by atoms with Crippen molar-refractivity contribution in [2.75, 3.05) is 0 Å². The van der Waals surface area contributed by atoms with Gasteiger partial charge in [0.2, 0.25) is 0 Å². The van der Waals surface area contributed by atoms with Crippen molar-refractivity contribution in [2.24, 2.45) is 5.73 Å². The number of nitrogens with zero attached hydrogens (tertiary/aromatic N) is 1. The molecule has 3 aromatic rings. The third-order valence-corrected chi connectivity index (χ3v) is 4.69. The molecule has 0 saturated heterocycles. The monoisotopic (exact) mass is 266 g/mol. The minimum Gasteiger partial charge on any atom is -0.327 e. The Kier molecular flexibility index (Phi) is 2.43. The van der Waals surface area contributed by atoms with Crippen LogP contribution in [-0.2, 0) is 0 Å². The van der Waals surface area contributed by atoms with E-state index in [4.69, 9.17) is 5.73 Å². The van der Waals surface area contributed by atoms with E-state index in [0.29, 0.717) is 12.0 Å². The summed E-state index contributed by atoms with van der Waals surface area (Å²) in [5.74, 6) is 0.529. The lowest BCUT2D eigenvalue weighted by Crippen LogP contribution is -2.01. The Morgan fingerprint density at radius 2 is 2.05 bits per heavy atom. The smallest absolute Gasteiger partial charge is 0.0702 e. The highest BCUT2D eigenvalue weighted by molar-refractivity contribution is 7.17. The number of aromatic nitrogens is 1. The van der Waals surface area contributed by atoms with E-state index in [1.807, 2.05) is 6.20 Å². The normalized spacial score (nSPS) is 21.7. The van der Waals surface area contributed by atoms with Gasteiger partial charge in [-0.3, -0.25) is 4.98 Å². The van der Waals surface area contributed by atoms with Crippen LogP contribution in [0.3, 0.4) is 0 Å². The van der Waals surface area contributed by atoms with Crippen LogP contribution in [0, 0.1) is 0 Å². The number of nitrogens with two attached hydrogens (primary N) is 1. The minimum absolute atomic E-state index is 0.343. The van der Waals surface area contributed by atoms with E-state index in [0.717, 1.165) is 12.1 Å². The Hall–Kier alpha value is -1.71. The first-order valence-electron chi connectivity index (χ1n) is 6.50. The third kappa shape index (κ3) is 1.95. The summed E-state index contributed by atoms with van der Waals surface area (Å²) in [4.78, 5) is 4.58. The summed E-state index contributed by atoms with van der Waals surface area (Å²) in [5.41, 5.74) is 9.36. The summed E-state index contributed by atoms with van der Waals surface area (Å²) in [6.45, 7) is 0. The number of pyridine rings is 1. The van der Waals surface area contributed by atoms with Gasteiger partial charge in [0.1, 0.15) is 0 Å². The predicted octanol–water partition coefficient (Wildman–Crippen LogP) is 3.78. The molecule has 1 aliphatic carbocycles. The van der Waals surface area contributed by atoms with Crippen molar-refractivity contribution in [1.29, 1.82) is 0 Å². The maximum atomic E-state index is 5.87. The molecule has 1 fully saturated rings. The van der Waals surface area contributed by atoms with Gasteiger partial charge in [-0.1, -0.05) is 18.2 Å². The molecule has 0 aliphatic heterocycles. The maximum Gasteiger partial charge on any atom is 0.0702 e. The summed E-state index contributed by atoms with van der Waals surface area (Å²) >= 11 is 1.77. The van der Waals surface area contributed by atoms with Crippen LogP contribution < -0.4 is 5.73 Å². The quantitative estimate of drug-likeness (QED) is 0.766. The van der Waals surface area contributed by atoms with Gasteiger partial charge in [0.05, 0.1) is 5.69 Å². The fourth-order valence-electron chi connectivity index (χ4n) is 2.51. The molecule has 2 aromatic heterocycles. The first-order valence-corrected chi connectivity index (χ1v) is 7.38. The van der Waals surface area contributed by atoms with E-state index in [1.165, 1.54) is 21.2 Å². The number of thiophene rings is 1. The summed E-state index contributed by atoms with van der Waals surface area (Å²) in [6.07, 6.45) is 3.08. The standard InChI is InChI=1S/C16H14N2S/c17-14-8-13(14)12-3-4-15(18-9-12)11-2-1-10-5-6-19-16(10)7-11/h1-7,9,13-14H,8,17H2/t13-,14+/m1/s1. The van der Waals surface area contributed by atoms with Crippen LogP contribution in [0.1, 0.15) is 17.9 Å². The van der Waals surface area contributed by atoms with Crippen molar-refractivity contribution in [3.8, 4) is 11.3 Å². The first kappa shape index (κ1) is 11.1. The fraction of sp³-hybridized carbons (Fsp3) is 0.188. The molecule has 0 unspecified atom stereocenters. The number of hydrogen-bond donors (Lipinski definition) is 1. The topological polar surface area (TPSA) is 38.9 Å². The molecule has 2 nitrogen and oxygen atoms in total. The van der Waals surface area contributed by atoms with E-state index in [9.17, 15) is 0 Å². The Labute approximate surface area is 115 Å². The van der Waals surface area contributed by atoms with Crippen LogP contribution >= 0.6 is 11.3 Å². The molecule has 2 heterocycles. The fourth-order valence-corrected chi connectivity index (χ4v) is 3.34. The molecule has 2 N–H and O–H groups in total. The van der Waals surface area contributed by atoms with Crippen molar-refractivity contribution in [2.45, 2.75) is 18.4 Å². The predicted molar refractivity (Wildman–Crippen MR) is 80.4 cm³/mol. The van der Waals surface area contributed by atoms with Gasteiger partial charge in [0, 0.05) is 28.4 Å². The van der Waals surface area contributed by atoms with Crippen LogP contribution in [0.4, 0.5) is 0 Å². The second-order valence-electron chi connectivity index (χ2n) is 5.16. The molecule has 19 heavy (non-hydrogen) atoms. The van der Waals surface area contributed by atoms with Gasteiger partial charge < -0.3 is 5.73 Å². The Balaban J connectivity index is 1.70. The van der Waals surface area contributed by atoms with Crippen LogP contribution in [0.5, 0.6) is 0 Å². The second-order valence-corrected chi connectivity index (χ2v) is 6.10. The molecular formula is C16H14N2S. The molecule has 1 saturated carbocycles. The molecule has 0 bridgehead atoms. The average Bonchev–Trinajstić information content (AvgIpc) is 3.00. The van der Waals surface area contributed by atoms with Gasteiger partial charge >= 0.3 is 0 Å². The molecular weight excluding hydrogens is 252 g/mol. The van der Waals surface area contributed by atoms with Crippen molar-refractivity contribution < 1.29 is 0 Å². The number of hydrogen-bond acceptors (Lipinski definition) is 3. The van der Waals surface area contributed by atoms with E-state index in [1.54, 1.807) is 11.3 Å². The molecule has 1 aromatic carbocycles. The van der Waals surface area contributed by atoms with Crippen molar-refractivity contribution in [3.63, 3.8) is 0 Å². The van der Waals surface area contributed by atoms with Crippen LogP contribution in [0.2, 0.25) is 0 Å². The Morgan fingerprint density at radius 1 is 1.16 bits per heavy atom. The molecule has 0 amide bonds. The molecule has 2 atom stereocenters. The third-order valence-electron chi connectivity index (χ3n) is 3.81. The highest BCUT2D eigenvalue weighted by Crippen LogP contribution is 2.39. The zero-order valence-corrected chi connectivity index (χ0v) is 11.2. The van der Waals surface area contributed by atoms with Gasteiger partial charge in [-0.05, 0) is 40.9 Å². The zero-order chi connectivity index (χ0) is 12.8. The van der Waals surface area contributed by atoms with E-state index in [2.05, 4.69) is 46.8 Å². The molecule has 0 spiro atoms. The lowest BCUT2D eigenvalue weighted by Gasteiger charge is -2.03. The first-order chi connectivity index (χ1) is 9.31. The molecule has 1 aliphatic rings. The Bertz CT molecular complexity index is 730. The summed E-state index contributed by atoms with van der Waals surface area (Å²) in [6, 6.07) is 13.3. The number of rotatable bonds is 2. The van der Waals surface area contributed by atoms with Crippen molar-refractivity contribution >= 4 is 21.4 Å². The van der Waals surface area contributed by atoms with Crippen LogP contribution in [0.25, 0.3) is 21.3 Å². The molecule has 4 rings (SSSR count). The molecule has 94 valence electrons. The lowest BCUT2D eigenvalue weighted by atomic mass is 10.1. The van der Waals surface area contributed by atoms with Gasteiger partial charge in [-0.2, -0.15) is 0 Å². The summed E-state index contributed by atoms with van der Waals surface area (Å²) < 4.78 is 1.31. The highest BCUT2D eigenvalue weighted by atomic mass is 32.1. The number of fused-ring (bicyclic) bond motifs is 1. The average molecular weight is 266 g/mol. The van der Waals surface area contributed by atoms with E-state index in [-0.39, 0.29) is 0 Å². The largest absolute Gasteiger partial charge is 0.327 e. The van der Waals surface area contributed by atoms with Crippen LogP contribution in [0.15, 0.2) is 48.0 Å². The minimum atomic E-state index is 0.343. The number of benzene rings is 1. The van der Waals surface area contributed by atoms with Crippen LogP contribution in [-0.4, -0.2) is 11.0 Å². The zero-order valence-electron chi connectivity index (χ0n) is 10.4. The lowest BCUT2D eigenvalue weighted by molar-refractivity contribution is 0.981. The summed E-state index contributed by atoms with van der Waals surface area (Å²) in [5, 5.41) is 3.42. The van der Waals surface area contributed by atoms with Gasteiger partial charge in [-0.25, -0.2) is 0 Å². The maximum absolute atomic E-state index is 5.87. The van der Waals surface area contributed by atoms with Gasteiger partial charge in [-0.15, -0.1) is 11.3 Å². The van der Waals surface area contributed by atoms with Crippen molar-refractivity contribution in [3.05, 3.63) is 53.5 Å². The van der Waals surface area contributed by atoms with E-state index < -0.39 is 0 Å². The second kappa shape index (κ2) is 4.15.